The number of rotatable bonds is 9. The zero-order chi connectivity index (χ0) is 20.8. The highest BCUT2D eigenvalue weighted by atomic mass is 16.5. The number of aromatic nitrogens is 2. The van der Waals surface area contributed by atoms with Gasteiger partial charge >= 0.3 is 5.97 Å². The number of aliphatic carboxylic acids is 1. The van der Waals surface area contributed by atoms with Crippen molar-refractivity contribution in [3.63, 3.8) is 0 Å². The molecule has 0 aliphatic heterocycles. The molecule has 0 saturated carbocycles. The van der Waals surface area contributed by atoms with Gasteiger partial charge in [-0.2, -0.15) is 5.10 Å². The monoisotopic (exact) mass is 388 g/mol. The van der Waals surface area contributed by atoms with Gasteiger partial charge in [-0.25, -0.2) is 0 Å². The number of aryl methyl sites for hydroxylation is 2. The predicted molar refractivity (Wildman–Crippen MR) is 106 cm³/mol. The lowest BCUT2D eigenvalue weighted by Crippen LogP contribution is -2.33. The quantitative estimate of drug-likeness (QED) is 0.684. The molecule has 0 aliphatic rings. The standard InChI is InChI=1S/C20H28N4O4/c1-13-18(14(2)24(4)22-13)12-23(3)11-15(20(26)27)10-19(25)21-16-6-8-17(28-5)9-7-16/h6-9,15H,10-12H2,1-5H3,(H,21,25)(H,26,27)/t15-/m0/s1. The van der Waals surface area contributed by atoms with E-state index in [4.69, 9.17) is 4.74 Å². The van der Waals surface area contributed by atoms with Crippen LogP contribution in [-0.2, 0) is 23.2 Å². The fraction of sp³-hybridized carbons (Fsp3) is 0.450. The number of hydrogen-bond acceptors (Lipinski definition) is 5. The summed E-state index contributed by atoms with van der Waals surface area (Å²) in [6, 6.07) is 6.90. The Hall–Kier alpha value is -2.87. The van der Waals surface area contributed by atoms with E-state index in [-0.39, 0.29) is 18.9 Å². The molecule has 0 bridgehead atoms. The molecule has 0 spiro atoms. The van der Waals surface area contributed by atoms with Crippen molar-refractivity contribution >= 4 is 17.6 Å². The molecule has 1 aromatic heterocycles. The number of amides is 1. The molecular formula is C20H28N4O4. The fourth-order valence-electron chi connectivity index (χ4n) is 3.10. The fourth-order valence-corrected chi connectivity index (χ4v) is 3.10. The first-order chi connectivity index (χ1) is 13.2. The first-order valence-corrected chi connectivity index (χ1v) is 9.05. The molecule has 8 nitrogen and oxygen atoms in total. The van der Waals surface area contributed by atoms with Gasteiger partial charge in [0.05, 0.1) is 18.7 Å². The number of methoxy groups -OCH3 is 1. The maximum absolute atomic E-state index is 12.3. The molecule has 0 fully saturated rings. The van der Waals surface area contributed by atoms with Crippen LogP contribution in [0.1, 0.15) is 23.4 Å². The summed E-state index contributed by atoms with van der Waals surface area (Å²) in [5.41, 5.74) is 3.66. The Balaban J connectivity index is 1.96. The topological polar surface area (TPSA) is 96.7 Å². The van der Waals surface area contributed by atoms with Gasteiger partial charge in [-0.05, 0) is 45.2 Å². The second-order valence-corrected chi connectivity index (χ2v) is 6.99. The van der Waals surface area contributed by atoms with Crippen LogP contribution in [0.2, 0.25) is 0 Å². The summed E-state index contributed by atoms with van der Waals surface area (Å²) in [5, 5.41) is 16.7. The number of carboxylic acid groups (broad SMARTS) is 1. The van der Waals surface area contributed by atoms with E-state index in [9.17, 15) is 14.7 Å². The van der Waals surface area contributed by atoms with E-state index in [1.54, 1.807) is 31.4 Å². The number of nitrogens with one attached hydrogen (secondary N) is 1. The number of carbonyl (C=O) groups excluding carboxylic acids is 1. The Kier molecular flexibility index (Phi) is 7.17. The molecule has 1 heterocycles. The minimum Gasteiger partial charge on any atom is -0.497 e. The van der Waals surface area contributed by atoms with Gasteiger partial charge in [0, 0.05) is 43.5 Å². The molecule has 2 aromatic rings. The van der Waals surface area contributed by atoms with Gasteiger partial charge in [-0.1, -0.05) is 0 Å². The minimum atomic E-state index is -0.989. The lowest BCUT2D eigenvalue weighted by atomic mass is 10.0. The lowest BCUT2D eigenvalue weighted by molar-refractivity contribution is -0.144. The largest absolute Gasteiger partial charge is 0.497 e. The number of ether oxygens (including phenoxy) is 1. The highest BCUT2D eigenvalue weighted by Crippen LogP contribution is 2.18. The summed E-state index contributed by atoms with van der Waals surface area (Å²) in [5.74, 6) is -1.44. The van der Waals surface area contributed by atoms with Gasteiger partial charge in [0.1, 0.15) is 5.75 Å². The van der Waals surface area contributed by atoms with Crippen LogP contribution in [0.3, 0.4) is 0 Å². The highest BCUT2D eigenvalue weighted by molar-refractivity contribution is 5.93. The summed E-state index contributed by atoms with van der Waals surface area (Å²) < 4.78 is 6.89. The molecule has 2 rings (SSSR count). The Morgan fingerprint density at radius 3 is 2.43 bits per heavy atom. The number of benzene rings is 1. The molecule has 2 N–H and O–H groups in total. The maximum atomic E-state index is 12.3. The summed E-state index contributed by atoms with van der Waals surface area (Å²) in [4.78, 5) is 25.9. The Labute approximate surface area is 165 Å². The molecule has 152 valence electrons. The summed E-state index contributed by atoms with van der Waals surface area (Å²) in [6.07, 6.45) is -0.100. The van der Waals surface area contributed by atoms with Gasteiger partial charge in [0.2, 0.25) is 5.91 Å². The third kappa shape index (κ3) is 5.56. The number of carboxylic acids is 1. The zero-order valence-corrected chi connectivity index (χ0v) is 17.0. The number of hydrogen-bond donors (Lipinski definition) is 2. The molecule has 1 atom stereocenters. The van der Waals surface area contributed by atoms with Crippen LogP contribution < -0.4 is 10.1 Å². The van der Waals surface area contributed by atoms with E-state index in [0.29, 0.717) is 18.0 Å². The average Bonchev–Trinajstić information content (AvgIpc) is 2.87. The van der Waals surface area contributed by atoms with E-state index in [2.05, 4.69) is 10.4 Å². The molecular weight excluding hydrogens is 360 g/mol. The number of anilines is 1. The molecule has 1 amide bonds. The molecule has 0 unspecified atom stereocenters. The smallest absolute Gasteiger partial charge is 0.308 e. The summed E-state index contributed by atoms with van der Waals surface area (Å²) in [6.45, 7) is 4.77. The third-order valence-electron chi connectivity index (χ3n) is 4.77. The van der Waals surface area contributed by atoms with Crippen LogP contribution in [0.25, 0.3) is 0 Å². The predicted octanol–water partition coefficient (Wildman–Crippen LogP) is 2.21. The van der Waals surface area contributed by atoms with Gasteiger partial charge in [0.15, 0.2) is 0 Å². The molecule has 1 aromatic carbocycles. The first kappa shape index (κ1) is 21.4. The number of nitrogens with zero attached hydrogens (tertiary/aromatic N) is 3. The van der Waals surface area contributed by atoms with Gasteiger partial charge in [-0.15, -0.1) is 0 Å². The maximum Gasteiger partial charge on any atom is 0.308 e. The van der Waals surface area contributed by atoms with Crippen molar-refractivity contribution < 1.29 is 19.4 Å². The Morgan fingerprint density at radius 1 is 1.29 bits per heavy atom. The van der Waals surface area contributed by atoms with Crippen molar-refractivity contribution in [2.75, 3.05) is 26.0 Å². The normalized spacial score (nSPS) is 12.1. The van der Waals surface area contributed by atoms with Crippen LogP contribution in [0, 0.1) is 19.8 Å². The lowest BCUT2D eigenvalue weighted by Gasteiger charge is -2.21. The van der Waals surface area contributed by atoms with Crippen LogP contribution in [0.4, 0.5) is 5.69 Å². The van der Waals surface area contributed by atoms with Crippen molar-refractivity contribution in [2.24, 2.45) is 13.0 Å². The molecule has 0 aliphatic carbocycles. The van der Waals surface area contributed by atoms with Crippen LogP contribution in [-0.4, -0.2) is 52.4 Å². The second-order valence-electron chi connectivity index (χ2n) is 6.99. The second kappa shape index (κ2) is 9.36. The van der Waals surface area contributed by atoms with E-state index in [0.717, 1.165) is 17.0 Å². The summed E-state index contributed by atoms with van der Waals surface area (Å²) in [7, 11) is 5.30. The highest BCUT2D eigenvalue weighted by Gasteiger charge is 2.24. The van der Waals surface area contributed by atoms with E-state index >= 15 is 0 Å². The first-order valence-electron chi connectivity index (χ1n) is 9.05. The molecule has 0 radical (unpaired) electrons. The van der Waals surface area contributed by atoms with Crippen molar-refractivity contribution in [1.82, 2.24) is 14.7 Å². The van der Waals surface area contributed by atoms with E-state index in [1.165, 1.54) is 0 Å². The minimum absolute atomic E-state index is 0.100. The van der Waals surface area contributed by atoms with Crippen LogP contribution in [0.15, 0.2) is 24.3 Å². The Bertz CT molecular complexity index is 829. The summed E-state index contributed by atoms with van der Waals surface area (Å²) >= 11 is 0. The van der Waals surface area contributed by atoms with Crippen LogP contribution >= 0.6 is 0 Å². The van der Waals surface area contributed by atoms with Gasteiger partial charge in [0.25, 0.3) is 0 Å². The van der Waals surface area contributed by atoms with Crippen molar-refractivity contribution in [2.45, 2.75) is 26.8 Å². The zero-order valence-electron chi connectivity index (χ0n) is 17.0. The number of carbonyl (C=O) groups is 2. The van der Waals surface area contributed by atoms with Crippen molar-refractivity contribution in [3.8, 4) is 5.75 Å². The molecule has 0 saturated heterocycles. The van der Waals surface area contributed by atoms with Gasteiger partial charge in [-0.3, -0.25) is 14.3 Å². The average molecular weight is 388 g/mol. The van der Waals surface area contributed by atoms with E-state index < -0.39 is 11.9 Å². The van der Waals surface area contributed by atoms with Gasteiger partial charge < -0.3 is 20.1 Å². The molecule has 8 heteroatoms. The third-order valence-corrected chi connectivity index (χ3v) is 4.77. The van der Waals surface area contributed by atoms with E-state index in [1.807, 2.05) is 37.5 Å². The van der Waals surface area contributed by atoms with Crippen molar-refractivity contribution in [3.05, 3.63) is 41.2 Å². The van der Waals surface area contributed by atoms with Crippen molar-refractivity contribution in [1.29, 1.82) is 0 Å². The Morgan fingerprint density at radius 2 is 1.93 bits per heavy atom. The van der Waals surface area contributed by atoms with Crippen LogP contribution in [0.5, 0.6) is 5.75 Å². The SMILES string of the molecule is COc1ccc(NC(=O)C[C@@H](CN(C)Cc2c(C)nn(C)c2C)C(=O)O)cc1. The molecule has 28 heavy (non-hydrogen) atoms.